The second-order valence-corrected chi connectivity index (χ2v) is 6.03. The van der Waals surface area contributed by atoms with E-state index >= 15 is 0 Å². The number of nitrogens with one attached hydrogen (secondary N) is 1. The van der Waals surface area contributed by atoms with E-state index in [9.17, 15) is 9.65 Å². The van der Waals surface area contributed by atoms with E-state index in [2.05, 4.69) is 22.0 Å². The van der Waals surface area contributed by atoms with Crippen LogP contribution in [0.3, 0.4) is 0 Å². The van der Waals surface area contributed by atoms with Gasteiger partial charge in [-0.3, -0.25) is 5.10 Å². The summed E-state index contributed by atoms with van der Waals surface area (Å²) in [5, 5.41) is 16.4. The zero-order chi connectivity index (χ0) is 16.4. The summed E-state index contributed by atoms with van der Waals surface area (Å²) >= 11 is 5.24. The van der Waals surface area contributed by atoms with Crippen LogP contribution in [0.2, 0.25) is 0 Å². The van der Waals surface area contributed by atoms with E-state index in [1.54, 1.807) is 6.07 Å². The van der Waals surface area contributed by atoms with E-state index < -0.39 is 5.82 Å². The van der Waals surface area contributed by atoms with Crippen molar-refractivity contribution in [2.45, 2.75) is 32.2 Å². The van der Waals surface area contributed by atoms with Gasteiger partial charge in [0.2, 0.25) is 0 Å². The van der Waals surface area contributed by atoms with E-state index in [1.807, 2.05) is 16.7 Å². The average molecular weight is 331 g/mol. The SMILES string of the molecule is CCn1c(C2CCN(c3cccc(F)c3C#N)CC2)n[nH]c1=S. The van der Waals surface area contributed by atoms with Gasteiger partial charge in [-0.05, 0) is 44.1 Å². The Hall–Kier alpha value is -2.20. The highest BCUT2D eigenvalue weighted by atomic mass is 32.1. The standard InChI is InChI=1S/C16H18FN5S/c1-2-22-15(19-20-16(22)23)11-6-8-21(9-7-11)14-5-3-4-13(17)12(14)10-18/h3-5,11H,2,6-9H2,1H3,(H,20,23). The Morgan fingerprint density at radius 2 is 2.17 bits per heavy atom. The molecule has 23 heavy (non-hydrogen) atoms. The molecule has 1 fully saturated rings. The number of hydrogen-bond acceptors (Lipinski definition) is 4. The van der Waals surface area contributed by atoms with Gasteiger partial charge in [-0.2, -0.15) is 10.4 Å². The van der Waals surface area contributed by atoms with Crippen molar-refractivity contribution >= 4 is 17.9 Å². The Balaban J connectivity index is 1.78. The summed E-state index contributed by atoms with van der Waals surface area (Å²) in [6.07, 6.45) is 1.81. The molecule has 1 N–H and O–H groups in total. The van der Waals surface area contributed by atoms with Gasteiger partial charge < -0.3 is 9.47 Å². The number of hydrogen-bond donors (Lipinski definition) is 1. The van der Waals surface area contributed by atoms with Crippen LogP contribution in [0.5, 0.6) is 0 Å². The van der Waals surface area contributed by atoms with Gasteiger partial charge in [-0.25, -0.2) is 4.39 Å². The lowest BCUT2D eigenvalue weighted by molar-refractivity contribution is 0.466. The highest BCUT2D eigenvalue weighted by molar-refractivity contribution is 7.71. The van der Waals surface area contributed by atoms with Gasteiger partial charge >= 0.3 is 0 Å². The maximum atomic E-state index is 13.8. The van der Waals surface area contributed by atoms with Crippen LogP contribution in [0, 0.1) is 21.9 Å². The molecule has 5 nitrogen and oxygen atoms in total. The minimum absolute atomic E-state index is 0.127. The molecule has 7 heteroatoms. The van der Waals surface area contributed by atoms with Crippen molar-refractivity contribution in [3.63, 3.8) is 0 Å². The molecule has 0 spiro atoms. The second kappa shape index (κ2) is 6.50. The van der Waals surface area contributed by atoms with Crippen molar-refractivity contribution in [2.24, 2.45) is 0 Å². The summed E-state index contributed by atoms with van der Waals surface area (Å²) in [6.45, 7) is 4.39. The second-order valence-electron chi connectivity index (χ2n) is 5.64. The maximum Gasteiger partial charge on any atom is 0.195 e. The molecule has 1 aliphatic heterocycles. The summed E-state index contributed by atoms with van der Waals surface area (Å²) in [6, 6.07) is 6.76. The smallest absolute Gasteiger partial charge is 0.195 e. The lowest BCUT2D eigenvalue weighted by Gasteiger charge is -2.33. The van der Waals surface area contributed by atoms with Crippen LogP contribution in [0.4, 0.5) is 10.1 Å². The number of halogens is 1. The van der Waals surface area contributed by atoms with Crippen molar-refractivity contribution in [3.05, 3.63) is 40.2 Å². The first kappa shape index (κ1) is 15.7. The summed E-state index contributed by atoms with van der Waals surface area (Å²) < 4.78 is 16.5. The molecule has 0 unspecified atom stereocenters. The molecule has 0 aliphatic carbocycles. The molecule has 2 heterocycles. The van der Waals surface area contributed by atoms with Crippen LogP contribution < -0.4 is 4.90 Å². The van der Waals surface area contributed by atoms with E-state index in [0.717, 1.165) is 38.3 Å². The van der Waals surface area contributed by atoms with E-state index in [-0.39, 0.29) is 5.56 Å². The minimum atomic E-state index is -0.459. The number of aromatic amines is 1. The molecule has 2 aromatic rings. The van der Waals surface area contributed by atoms with Crippen molar-refractivity contribution in [3.8, 4) is 6.07 Å². The third-order valence-corrected chi connectivity index (χ3v) is 4.72. The Morgan fingerprint density at radius 1 is 1.43 bits per heavy atom. The topological polar surface area (TPSA) is 60.6 Å². The Bertz CT molecular complexity index is 796. The number of anilines is 1. The third-order valence-electron chi connectivity index (χ3n) is 4.41. The number of nitrogens with zero attached hydrogens (tertiary/aromatic N) is 4. The van der Waals surface area contributed by atoms with Crippen molar-refractivity contribution in [1.82, 2.24) is 14.8 Å². The van der Waals surface area contributed by atoms with Gasteiger partial charge in [0, 0.05) is 25.6 Å². The molecule has 0 bridgehead atoms. The van der Waals surface area contributed by atoms with Crippen molar-refractivity contribution in [1.29, 1.82) is 5.26 Å². The first-order valence-electron chi connectivity index (χ1n) is 7.74. The van der Waals surface area contributed by atoms with E-state index in [4.69, 9.17) is 12.2 Å². The molecule has 3 rings (SSSR count). The quantitative estimate of drug-likeness (QED) is 0.876. The van der Waals surface area contributed by atoms with Gasteiger partial charge in [0.1, 0.15) is 23.3 Å². The lowest BCUT2D eigenvalue weighted by atomic mass is 9.95. The number of nitriles is 1. The Morgan fingerprint density at radius 3 is 2.83 bits per heavy atom. The van der Waals surface area contributed by atoms with Crippen LogP contribution in [0.1, 0.15) is 37.1 Å². The summed E-state index contributed by atoms with van der Waals surface area (Å²) in [5.74, 6) is 0.870. The molecule has 1 saturated heterocycles. The lowest BCUT2D eigenvalue weighted by Crippen LogP contribution is -2.34. The highest BCUT2D eigenvalue weighted by Crippen LogP contribution is 2.31. The fourth-order valence-electron chi connectivity index (χ4n) is 3.21. The fourth-order valence-corrected chi connectivity index (χ4v) is 3.48. The third kappa shape index (κ3) is 2.86. The molecule has 0 atom stereocenters. The summed E-state index contributed by atoms with van der Waals surface area (Å²) in [7, 11) is 0. The molecule has 1 aromatic heterocycles. The first-order chi connectivity index (χ1) is 11.2. The van der Waals surface area contributed by atoms with E-state index in [0.29, 0.717) is 16.4 Å². The molecule has 1 aliphatic rings. The molecular weight excluding hydrogens is 313 g/mol. The largest absolute Gasteiger partial charge is 0.370 e. The number of aromatic nitrogens is 3. The molecule has 120 valence electrons. The number of H-pyrrole nitrogens is 1. The number of piperidine rings is 1. The van der Waals surface area contributed by atoms with E-state index in [1.165, 1.54) is 6.07 Å². The predicted molar refractivity (Wildman–Crippen MR) is 88.4 cm³/mol. The predicted octanol–water partition coefficient (Wildman–Crippen LogP) is 3.36. The molecule has 0 saturated carbocycles. The molecule has 0 radical (unpaired) electrons. The Labute approximate surface area is 139 Å². The molecule has 1 aromatic carbocycles. The van der Waals surface area contributed by atoms with Crippen LogP contribution in [-0.4, -0.2) is 27.9 Å². The first-order valence-corrected chi connectivity index (χ1v) is 8.15. The van der Waals surface area contributed by atoms with Gasteiger partial charge in [0.25, 0.3) is 0 Å². The molecule has 0 amide bonds. The normalized spacial score (nSPS) is 15.6. The fraction of sp³-hybridized carbons (Fsp3) is 0.438. The van der Waals surface area contributed by atoms with Crippen LogP contribution in [-0.2, 0) is 6.54 Å². The van der Waals surface area contributed by atoms with Crippen molar-refractivity contribution in [2.75, 3.05) is 18.0 Å². The minimum Gasteiger partial charge on any atom is -0.370 e. The number of rotatable bonds is 3. The summed E-state index contributed by atoms with van der Waals surface area (Å²) in [5.41, 5.74) is 0.808. The van der Waals surface area contributed by atoms with Gasteiger partial charge in [-0.1, -0.05) is 6.07 Å². The van der Waals surface area contributed by atoms with Gasteiger partial charge in [-0.15, -0.1) is 0 Å². The Kier molecular flexibility index (Phi) is 4.44. The van der Waals surface area contributed by atoms with Crippen molar-refractivity contribution < 1.29 is 4.39 Å². The zero-order valence-corrected chi connectivity index (χ0v) is 13.7. The monoisotopic (exact) mass is 331 g/mol. The average Bonchev–Trinajstić information content (AvgIpc) is 2.95. The summed E-state index contributed by atoms with van der Waals surface area (Å²) in [4.78, 5) is 2.08. The van der Waals surface area contributed by atoms with Gasteiger partial charge in [0.05, 0.1) is 5.69 Å². The molecular formula is C16H18FN5S. The maximum absolute atomic E-state index is 13.8. The van der Waals surface area contributed by atoms with Crippen LogP contribution in [0.25, 0.3) is 0 Å². The van der Waals surface area contributed by atoms with Gasteiger partial charge in [0.15, 0.2) is 4.77 Å². The zero-order valence-electron chi connectivity index (χ0n) is 12.9. The highest BCUT2D eigenvalue weighted by Gasteiger charge is 2.26. The van der Waals surface area contributed by atoms with Crippen LogP contribution >= 0.6 is 12.2 Å². The van der Waals surface area contributed by atoms with Crippen LogP contribution in [0.15, 0.2) is 18.2 Å². The number of benzene rings is 1.